The van der Waals surface area contributed by atoms with E-state index in [0.29, 0.717) is 5.92 Å². The van der Waals surface area contributed by atoms with Crippen molar-refractivity contribution in [2.45, 2.75) is 19.3 Å². The highest BCUT2D eigenvalue weighted by Crippen LogP contribution is 2.21. The summed E-state index contributed by atoms with van der Waals surface area (Å²) in [5, 5.41) is 0. The van der Waals surface area contributed by atoms with Crippen LogP contribution in [0.25, 0.3) is 6.08 Å². The van der Waals surface area contributed by atoms with E-state index in [1.807, 2.05) is 30.3 Å². The van der Waals surface area contributed by atoms with Crippen molar-refractivity contribution in [3.63, 3.8) is 0 Å². The zero-order valence-electron chi connectivity index (χ0n) is 16.8. The highest BCUT2D eigenvalue weighted by atomic mass is 16.5. The van der Waals surface area contributed by atoms with Crippen molar-refractivity contribution in [2.24, 2.45) is 5.92 Å². The van der Waals surface area contributed by atoms with Crippen molar-refractivity contribution in [3.8, 4) is 5.75 Å². The molecule has 0 atom stereocenters. The summed E-state index contributed by atoms with van der Waals surface area (Å²) in [6.07, 6.45) is 5.99. The van der Waals surface area contributed by atoms with E-state index in [-0.39, 0.29) is 12.5 Å². The minimum absolute atomic E-state index is 0.130. The van der Waals surface area contributed by atoms with E-state index in [2.05, 4.69) is 24.3 Å². The summed E-state index contributed by atoms with van der Waals surface area (Å²) in [5.74, 6) is 0.696. The van der Waals surface area contributed by atoms with E-state index < -0.39 is 5.97 Å². The average Bonchev–Trinajstić information content (AvgIpc) is 2.77. The van der Waals surface area contributed by atoms with Gasteiger partial charge in [-0.25, -0.2) is 4.79 Å². The molecule has 1 aliphatic rings. The smallest absolute Gasteiger partial charge is 0.331 e. The van der Waals surface area contributed by atoms with E-state index in [0.717, 1.165) is 43.7 Å². The number of esters is 1. The first-order valence-corrected chi connectivity index (χ1v) is 9.94. The fraction of sp³-hybridized carbons (Fsp3) is 0.333. The lowest BCUT2D eigenvalue weighted by Crippen LogP contribution is -2.41. The van der Waals surface area contributed by atoms with Gasteiger partial charge in [-0.1, -0.05) is 42.5 Å². The number of carbonyl (C=O) groups excluding carboxylic acids is 2. The maximum atomic E-state index is 12.3. The van der Waals surface area contributed by atoms with E-state index in [1.165, 1.54) is 11.6 Å². The number of amides is 1. The third-order valence-electron chi connectivity index (χ3n) is 5.20. The number of hydrogen-bond acceptors (Lipinski definition) is 4. The molecule has 1 heterocycles. The molecule has 2 aromatic rings. The Balaban J connectivity index is 1.38. The van der Waals surface area contributed by atoms with Crippen LogP contribution in [0.4, 0.5) is 0 Å². The van der Waals surface area contributed by atoms with Crippen LogP contribution in [-0.4, -0.2) is 43.6 Å². The van der Waals surface area contributed by atoms with Crippen molar-refractivity contribution in [1.29, 1.82) is 0 Å². The van der Waals surface area contributed by atoms with Crippen molar-refractivity contribution in [1.82, 2.24) is 4.90 Å². The topological polar surface area (TPSA) is 55.8 Å². The van der Waals surface area contributed by atoms with Crippen LogP contribution < -0.4 is 4.74 Å². The second-order valence-electron chi connectivity index (χ2n) is 7.23. The number of benzene rings is 2. The predicted octanol–water partition coefficient (Wildman–Crippen LogP) is 3.73. The normalized spacial score (nSPS) is 14.7. The number of piperidine rings is 1. The third-order valence-corrected chi connectivity index (χ3v) is 5.20. The lowest BCUT2D eigenvalue weighted by atomic mass is 9.90. The number of likely N-dealkylation sites (tertiary alicyclic amines) is 1. The highest BCUT2D eigenvalue weighted by molar-refractivity contribution is 5.89. The summed E-state index contributed by atoms with van der Waals surface area (Å²) in [5.41, 5.74) is 2.20. The molecule has 3 rings (SSSR count). The molecule has 1 fully saturated rings. The third kappa shape index (κ3) is 6.49. The van der Waals surface area contributed by atoms with Crippen LogP contribution in [0.15, 0.2) is 60.7 Å². The molecule has 152 valence electrons. The molecular weight excluding hydrogens is 366 g/mol. The number of hydrogen-bond donors (Lipinski definition) is 0. The maximum Gasteiger partial charge on any atom is 0.331 e. The Labute approximate surface area is 171 Å². The van der Waals surface area contributed by atoms with E-state index in [1.54, 1.807) is 18.1 Å². The Bertz CT molecular complexity index is 822. The molecule has 2 aromatic carbocycles. The summed E-state index contributed by atoms with van der Waals surface area (Å²) in [4.78, 5) is 26.0. The zero-order chi connectivity index (χ0) is 20.5. The summed E-state index contributed by atoms with van der Waals surface area (Å²) in [6, 6.07) is 17.8. The minimum atomic E-state index is -0.520. The van der Waals surface area contributed by atoms with E-state index >= 15 is 0 Å². The van der Waals surface area contributed by atoms with Gasteiger partial charge in [-0.05, 0) is 54.5 Å². The molecule has 1 amide bonds. The van der Waals surface area contributed by atoms with Crippen LogP contribution in [0.1, 0.15) is 24.0 Å². The Morgan fingerprint density at radius 2 is 1.72 bits per heavy atom. The summed E-state index contributed by atoms with van der Waals surface area (Å²) >= 11 is 0. The summed E-state index contributed by atoms with van der Waals surface area (Å²) in [6.45, 7) is 1.22. The lowest BCUT2D eigenvalue weighted by Gasteiger charge is -2.32. The van der Waals surface area contributed by atoms with Gasteiger partial charge in [-0.15, -0.1) is 0 Å². The van der Waals surface area contributed by atoms with Gasteiger partial charge in [-0.3, -0.25) is 4.79 Å². The van der Waals surface area contributed by atoms with Gasteiger partial charge in [0.2, 0.25) is 0 Å². The zero-order valence-corrected chi connectivity index (χ0v) is 16.8. The van der Waals surface area contributed by atoms with Gasteiger partial charge >= 0.3 is 5.97 Å². The van der Waals surface area contributed by atoms with Crippen LogP contribution >= 0.6 is 0 Å². The number of ether oxygens (including phenoxy) is 2. The SMILES string of the molecule is COc1ccc(/C=C/C(=O)OCC(=O)N2CCC(Cc3ccccc3)CC2)cc1. The highest BCUT2D eigenvalue weighted by Gasteiger charge is 2.23. The predicted molar refractivity (Wildman–Crippen MR) is 112 cm³/mol. The molecule has 29 heavy (non-hydrogen) atoms. The molecule has 0 bridgehead atoms. The first-order valence-electron chi connectivity index (χ1n) is 9.94. The Morgan fingerprint density at radius 1 is 1.03 bits per heavy atom. The fourth-order valence-corrected chi connectivity index (χ4v) is 3.49. The molecule has 0 unspecified atom stereocenters. The number of carbonyl (C=O) groups is 2. The lowest BCUT2D eigenvalue weighted by molar-refractivity contribution is -0.148. The van der Waals surface area contributed by atoms with Crippen molar-refractivity contribution < 1.29 is 19.1 Å². The minimum Gasteiger partial charge on any atom is -0.497 e. The van der Waals surface area contributed by atoms with Gasteiger partial charge in [-0.2, -0.15) is 0 Å². The second-order valence-corrected chi connectivity index (χ2v) is 7.23. The van der Waals surface area contributed by atoms with Crippen LogP contribution in [0, 0.1) is 5.92 Å². The van der Waals surface area contributed by atoms with Gasteiger partial charge < -0.3 is 14.4 Å². The van der Waals surface area contributed by atoms with Gasteiger partial charge in [0.25, 0.3) is 5.91 Å². The van der Waals surface area contributed by atoms with E-state index in [9.17, 15) is 9.59 Å². The first kappa shape index (κ1) is 20.6. The van der Waals surface area contributed by atoms with Gasteiger partial charge in [0.05, 0.1) is 7.11 Å². The molecule has 0 aliphatic carbocycles. The molecular formula is C24H27NO4. The number of nitrogens with zero attached hydrogens (tertiary/aromatic N) is 1. The van der Waals surface area contributed by atoms with Crippen molar-refractivity contribution in [2.75, 3.05) is 26.8 Å². The molecule has 0 aromatic heterocycles. The molecule has 0 saturated carbocycles. The molecule has 5 heteroatoms. The number of rotatable bonds is 7. The van der Waals surface area contributed by atoms with E-state index in [4.69, 9.17) is 9.47 Å². The monoisotopic (exact) mass is 393 g/mol. The quantitative estimate of drug-likeness (QED) is 0.531. The Hall–Kier alpha value is -3.08. The largest absolute Gasteiger partial charge is 0.497 e. The molecule has 0 spiro atoms. The molecule has 1 saturated heterocycles. The Morgan fingerprint density at radius 3 is 2.38 bits per heavy atom. The second kappa shape index (κ2) is 10.5. The van der Waals surface area contributed by atoms with Crippen LogP contribution in [-0.2, 0) is 20.7 Å². The van der Waals surface area contributed by atoms with Gasteiger partial charge in [0.1, 0.15) is 5.75 Å². The molecule has 0 radical (unpaired) electrons. The summed E-state index contributed by atoms with van der Waals surface area (Å²) in [7, 11) is 1.60. The van der Waals surface area contributed by atoms with Crippen molar-refractivity contribution >= 4 is 18.0 Å². The fourth-order valence-electron chi connectivity index (χ4n) is 3.49. The number of methoxy groups -OCH3 is 1. The average molecular weight is 393 g/mol. The maximum absolute atomic E-state index is 12.3. The first-order chi connectivity index (χ1) is 14.1. The van der Waals surface area contributed by atoms with Crippen molar-refractivity contribution in [3.05, 3.63) is 71.8 Å². The van der Waals surface area contributed by atoms with Crippen LogP contribution in [0.3, 0.4) is 0 Å². The summed E-state index contributed by atoms with van der Waals surface area (Å²) < 4.78 is 10.2. The van der Waals surface area contributed by atoms with Gasteiger partial charge in [0.15, 0.2) is 6.61 Å². The Kier molecular flexibility index (Phi) is 7.45. The molecule has 5 nitrogen and oxygen atoms in total. The molecule has 1 aliphatic heterocycles. The van der Waals surface area contributed by atoms with Crippen LogP contribution in [0.5, 0.6) is 5.75 Å². The van der Waals surface area contributed by atoms with Crippen LogP contribution in [0.2, 0.25) is 0 Å². The molecule has 0 N–H and O–H groups in total. The standard InChI is InChI=1S/C24H27NO4/c1-28-22-10-7-19(8-11-22)9-12-24(27)29-18-23(26)25-15-13-21(14-16-25)17-20-5-3-2-4-6-20/h2-12,21H,13-18H2,1H3/b12-9+. The van der Waals surface area contributed by atoms with Gasteiger partial charge in [0, 0.05) is 19.2 Å².